The van der Waals surface area contributed by atoms with Crippen molar-refractivity contribution in [2.75, 3.05) is 0 Å². The van der Waals surface area contributed by atoms with Crippen LogP contribution in [0.5, 0.6) is 0 Å². The fourth-order valence-corrected chi connectivity index (χ4v) is 1.34. The van der Waals surface area contributed by atoms with Crippen molar-refractivity contribution in [3.05, 3.63) is 41.7 Å². The lowest BCUT2D eigenvalue weighted by Crippen LogP contribution is -2.47. The minimum atomic E-state index is -1.37. The summed E-state index contributed by atoms with van der Waals surface area (Å²) < 4.78 is 12.6. The summed E-state index contributed by atoms with van der Waals surface area (Å²) >= 11 is 0. The van der Waals surface area contributed by atoms with Crippen LogP contribution in [0.1, 0.15) is 12.5 Å². The number of halogens is 1. The summed E-state index contributed by atoms with van der Waals surface area (Å²) in [6.07, 6.45) is 1.32. The third-order valence-electron chi connectivity index (χ3n) is 2.34. The lowest BCUT2D eigenvalue weighted by Gasteiger charge is -2.15. The zero-order valence-electron chi connectivity index (χ0n) is 10.2. The molecule has 0 aliphatic heterocycles. The third kappa shape index (κ3) is 4.89. The second-order valence-electron chi connectivity index (χ2n) is 3.95. The van der Waals surface area contributed by atoms with Gasteiger partial charge in [0.05, 0.1) is 6.10 Å². The maximum Gasteiger partial charge on any atom is 0.328 e. The van der Waals surface area contributed by atoms with Crippen LogP contribution < -0.4 is 5.32 Å². The number of aliphatic carboxylic acids is 1. The van der Waals surface area contributed by atoms with Crippen LogP contribution in [0, 0.1) is 5.82 Å². The van der Waals surface area contributed by atoms with Gasteiger partial charge in [0.25, 0.3) is 0 Å². The van der Waals surface area contributed by atoms with Crippen molar-refractivity contribution < 1.29 is 24.2 Å². The van der Waals surface area contributed by atoms with Crippen LogP contribution in [0.25, 0.3) is 6.08 Å². The Kier molecular flexibility index (Phi) is 5.20. The first-order valence-electron chi connectivity index (χ1n) is 5.55. The number of rotatable bonds is 5. The van der Waals surface area contributed by atoms with Gasteiger partial charge in [0.15, 0.2) is 6.04 Å². The van der Waals surface area contributed by atoms with Gasteiger partial charge in [-0.3, -0.25) is 4.79 Å². The van der Waals surface area contributed by atoms with Crippen molar-refractivity contribution in [1.82, 2.24) is 5.32 Å². The van der Waals surface area contributed by atoms with Gasteiger partial charge in [-0.15, -0.1) is 0 Å². The van der Waals surface area contributed by atoms with Crippen molar-refractivity contribution in [3.63, 3.8) is 0 Å². The monoisotopic (exact) mass is 267 g/mol. The molecule has 2 atom stereocenters. The number of carboxylic acid groups (broad SMARTS) is 1. The summed E-state index contributed by atoms with van der Waals surface area (Å²) in [6, 6.07) is 4.07. The van der Waals surface area contributed by atoms with E-state index in [1.165, 1.54) is 37.3 Å². The number of benzene rings is 1. The van der Waals surface area contributed by atoms with Crippen molar-refractivity contribution in [2.24, 2.45) is 0 Å². The Labute approximate surface area is 109 Å². The van der Waals surface area contributed by atoms with Crippen LogP contribution in [0.3, 0.4) is 0 Å². The quantitative estimate of drug-likeness (QED) is 0.688. The van der Waals surface area contributed by atoms with Gasteiger partial charge in [0, 0.05) is 6.08 Å². The Morgan fingerprint density at radius 3 is 2.37 bits per heavy atom. The molecule has 102 valence electrons. The van der Waals surface area contributed by atoms with Gasteiger partial charge in [0.1, 0.15) is 5.82 Å². The minimum Gasteiger partial charge on any atom is -0.480 e. The summed E-state index contributed by atoms with van der Waals surface area (Å²) in [6.45, 7) is 1.27. The predicted octanol–water partition coefficient (Wildman–Crippen LogP) is 0.789. The number of hydrogen-bond acceptors (Lipinski definition) is 3. The van der Waals surface area contributed by atoms with Crippen LogP contribution in [0.4, 0.5) is 4.39 Å². The molecule has 1 rings (SSSR count). The van der Waals surface area contributed by atoms with Crippen LogP contribution in [-0.2, 0) is 9.59 Å². The molecule has 0 radical (unpaired) electrons. The highest BCUT2D eigenvalue weighted by atomic mass is 19.1. The highest BCUT2D eigenvalue weighted by Crippen LogP contribution is 2.04. The maximum atomic E-state index is 12.6. The van der Waals surface area contributed by atoms with Crippen molar-refractivity contribution in [1.29, 1.82) is 0 Å². The van der Waals surface area contributed by atoms with Crippen molar-refractivity contribution in [2.45, 2.75) is 19.1 Å². The Balaban J connectivity index is 2.64. The average molecular weight is 267 g/mol. The molecule has 0 fully saturated rings. The van der Waals surface area contributed by atoms with Gasteiger partial charge in [-0.1, -0.05) is 12.1 Å². The van der Waals surface area contributed by atoms with E-state index in [2.05, 4.69) is 5.32 Å². The normalized spacial score (nSPS) is 14.1. The van der Waals surface area contributed by atoms with Gasteiger partial charge in [0.2, 0.25) is 5.91 Å². The van der Waals surface area contributed by atoms with Crippen LogP contribution >= 0.6 is 0 Å². The second-order valence-corrected chi connectivity index (χ2v) is 3.95. The highest BCUT2D eigenvalue weighted by Gasteiger charge is 2.23. The number of carbonyl (C=O) groups is 2. The molecule has 1 aromatic carbocycles. The molecule has 1 amide bonds. The molecule has 0 saturated heterocycles. The Bertz CT molecular complexity index is 482. The Morgan fingerprint density at radius 2 is 1.89 bits per heavy atom. The van der Waals surface area contributed by atoms with E-state index >= 15 is 0 Å². The zero-order valence-corrected chi connectivity index (χ0v) is 10.2. The van der Waals surface area contributed by atoms with E-state index in [0.717, 1.165) is 6.08 Å². The van der Waals surface area contributed by atoms with E-state index in [-0.39, 0.29) is 5.82 Å². The van der Waals surface area contributed by atoms with Crippen LogP contribution in [0.15, 0.2) is 30.3 Å². The number of carbonyl (C=O) groups excluding carboxylic acids is 1. The van der Waals surface area contributed by atoms with Crippen molar-refractivity contribution in [3.8, 4) is 0 Å². The number of aliphatic hydroxyl groups is 1. The number of carboxylic acids is 1. The van der Waals surface area contributed by atoms with Gasteiger partial charge >= 0.3 is 5.97 Å². The summed E-state index contributed by atoms with van der Waals surface area (Å²) in [7, 11) is 0. The summed E-state index contributed by atoms with van der Waals surface area (Å²) in [5.41, 5.74) is 0.598. The molecular weight excluding hydrogens is 253 g/mol. The fourth-order valence-electron chi connectivity index (χ4n) is 1.34. The largest absolute Gasteiger partial charge is 0.480 e. The molecule has 5 nitrogen and oxygen atoms in total. The molecule has 3 N–H and O–H groups in total. The lowest BCUT2D eigenvalue weighted by atomic mass is 10.1. The highest BCUT2D eigenvalue weighted by molar-refractivity contribution is 5.94. The van der Waals surface area contributed by atoms with Gasteiger partial charge in [-0.25, -0.2) is 9.18 Å². The molecule has 0 aromatic heterocycles. The molecule has 6 heteroatoms. The number of hydrogen-bond donors (Lipinski definition) is 3. The molecular formula is C13H14FNO4. The molecule has 19 heavy (non-hydrogen) atoms. The van der Waals surface area contributed by atoms with Gasteiger partial charge in [-0.2, -0.15) is 0 Å². The topological polar surface area (TPSA) is 86.6 Å². The van der Waals surface area contributed by atoms with Gasteiger partial charge in [-0.05, 0) is 30.7 Å². The summed E-state index contributed by atoms with van der Waals surface area (Å²) in [5.74, 6) is -2.36. The molecule has 0 aliphatic rings. The van der Waals surface area contributed by atoms with E-state index in [9.17, 15) is 19.1 Å². The molecule has 2 unspecified atom stereocenters. The molecule has 0 aliphatic carbocycles. The van der Waals surface area contributed by atoms with Crippen LogP contribution in [-0.4, -0.2) is 34.2 Å². The number of nitrogens with one attached hydrogen (secondary N) is 1. The van der Waals surface area contributed by atoms with Crippen LogP contribution in [0.2, 0.25) is 0 Å². The summed E-state index contributed by atoms with van der Waals surface area (Å²) in [4.78, 5) is 22.2. The van der Waals surface area contributed by atoms with Crippen molar-refractivity contribution >= 4 is 18.0 Å². The smallest absolute Gasteiger partial charge is 0.328 e. The number of aliphatic hydroxyl groups excluding tert-OH is 1. The molecule has 1 aromatic rings. The Morgan fingerprint density at radius 1 is 1.32 bits per heavy atom. The lowest BCUT2D eigenvalue weighted by molar-refractivity contribution is -0.144. The third-order valence-corrected chi connectivity index (χ3v) is 2.34. The van der Waals surface area contributed by atoms with E-state index in [1.807, 2.05) is 0 Å². The molecule has 0 saturated carbocycles. The zero-order chi connectivity index (χ0) is 14.4. The first-order chi connectivity index (χ1) is 8.90. The molecule has 0 heterocycles. The average Bonchev–Trinajstić information content (AvgIpc) is 2.34. The first kappa shape index (κ1) is 14.8. The molecule has 0 spiro atoms. The minimum absolute atomic E-state index is 0.387. The van der Waals surface area contributed by atoms with E-state index in [1.54, 1.807) is 0 Å². The molecule has 0 bridgehead atoms. The SMILES string of the molecule is CC(O)C(NC(=O)/C=C/c1ccc(F)cc1)C(=O)O. The maximum absolute atomic E-state index is 12.6. The second kappa shape index (κ2) is 6.65. The predicted molar refractivity (Wildman–Crippen MR) is 66.7 cm³/mol. The Hall–Kier alpha value is -2.21. The first-order valence-corrected chi connectivity index (χ1v) is 5.55. The summed E-state index contributed by atoms with van der Waals surface area (Å²) in [5, 5.41) is 20.1. The standard InChI is InChI=1S/C13H14FNO4/c1-8(16)12(13(18)19)15-11(17)7-4-9-2-5-10(14)6-3-9/h2-8,12,16H,1H3,(H,15,17)(H,18,19)/b7-4+. The fraction of sp³-hybridized carbons (Fsp3) is 0.231. The van der Waals surface area contributed by atoms with E-state index in [0.29, 0.717) is 5.56 Å². The number of amides is 1. The van der Waals surface area contributed by atoms with Gasteiger partial charge < -0.3 is 15.5 Å². The van der Waals surface area contributed by atoms with E-state index < -0.39 is 24.0 Å². The van der Waals surface area contributed by atoms with E-state index in [4.69, 9.17) is 5.11 Å².